The van der Waals surface area contributed by atoms with Crippen LogP contribution in [0.5, 0.6) is 0 Å². The third-order valence-corrected chi connectivity index (χ3v) is 4.39. The second kappa shape index (κ2) is 7.21. The molecule has 1 unspecified atom stereocenters. The Morgan fingerprint density at radius 3 is 2.71 bits per heavy atom. The van der Waals surface area contributed by atoms with Crippen LogP contribution in [0.3, 0.4) is 0 Å². The molecule has 1 aromatic carbocycles. The van der Waals surface area contributed by atoms with Crippen molar-refractivity contribution in [1.82, 2.24) is 0 Å². The lowest BCUT2D eigenvalue weighted by molar-refractivity contribution is -0.136. The van der Waals surface area contributed by atoms with E-state index in [9.17, 15) is 13.8 Å². The zero-order valence-corrected chi connectivity index (χ0v) is 14.8. The predicted octanol–water partition coefficient (Wildman–Crippen LogP) is 2.53. The topological polar surface area (TPSA) is 95.9 Å². The van der Waals surface area contributed by atoms with E-state index in [4.69, 9.17) is 9.84 Å². The first-order valence-corrected chi connectivity index (χ1v) is 8.98. The van der Waals surface area contributed by atoms with Crippen LogP contribution in [-0.2, 0) is 26.9 Å². The Morgan fingerprint density at radius 2 is 2.08 bits per heavy atom. The molecule has 7 nitrogen and oxygen atoms in total. The predicted molar refractivity (Wildman–Crippen MR) is 92.6 cm³/mol. The van der Waals surface area contributed by atoms with E-state index in [1.165, 1.54) is 0 Å². The lowest BCUT2D eigenvalue weighted by Crippen LogP contribution is -2.35. The van der Waals surface area contributed by atoms with Crippen LogP contribution in [0.4, 0.5) is 16.2 Å². The van der Waals surface area contributed by atoms with Gasteiger partial charge in [-0.05, 0) is 39.3 Å². The van der Waals surface area contributed by atoms with Gasteiger partial charge in [-0.25, -0.2) is 9.00 Å². The number of carbonyl (C=O) groups is 2. The zero-order valence-electron chi connectivity index (χ0n) is 14.0. The molecule has 0 bridgehead atoms. The molecule has 0 saturated heterocycles. The summed E-state index contributed by atoms with van der Waals surface area (Å²) in [5.74, 6) is -0.964. The van der Waals surface area contributed by atoms with Crippen LogP contribution in [0.1, 0.15) is 32.8 Å². The Bertz CT molecular complexity index is 669. The maximum Gasteiger partial charge on any atom is 0.414 e. The average molecular weight is 354 g/mol. The SMILES string of the molecule is CC(C)(C)OC(=O)N1CCc2c(NS(=O)CCC(=O)O)cccc21. The molecule has 0 saturated carbocycles. The molecule has 1 amide bonds. The monoisotopic (exact) mass is 354 g/mol. The first-order chi connectivity index (χ1) is 11.2. The molecule has 24 heavy (non-hydrogen) atoms. The van der Waals surface area contributed by atoms with Crippen molar-refractivity contribution in [3.05, 3.63) is 23.8 Å². The fourth-order valence-corrected chi connectivity index (χ4v) is 3.29. The number of carbonyl (C=O) groups excluding carboxylic acids is 1. The molecule has 1 aliphatic rings. The van der Waals surface area contributed by atoms with Gasteiger partial charge in [-0.1, -0.05) is 6.07 Å². The fraction of sp³-hybridized carbons (Fsp3) is 0.500. The fourth-order valence-electron chi connectivity index (χ4n) is 2.39. The minimum absolute atomic E-state index is 0.0226. The number of nitrogens with one attached hydrogen (secondary N) is 1. The van der Waals surface area contributed by atoms with E-state index in [0.29, 0.717) is 18.7 Å². The summed E-state index contributed by atoms with van der Waals surface area (Å²) in [6.07, 6.45) is 0.0393. The van der Waals surface area contributed by atoms with Gasteiger partial charge in [-0.3, -0.25) is 9.69 Å². The minimum atomic E-state index is -1.49. The third kappa shape index (κ3) is 4.70. The first kappa shape index (κ1) is 18.3. The number of fused-ring (bicyclic) bond motifs is 1. The highest BCUT2D eigenvalue weighted by atomic mass is 32.2. The van der Waals surface area contributed by atoms with Gasteiger partial charge in [0.15, 0.2) is 0 Å². The number of nitrogens with zero attached hydrogens (tertiary/aromatic N) is 1. The molecule has 0 aromatic heterocycles. The average Bonchev–Trinajstić information content (AvgIpc) is 2.88. The summed E-state index contributed by atoms with van der Waals surface area (Å²) < 4.78 is 20.2. The summed E-state index contributed by atoms with van der Waals surface area (Å²) in [7, 11) is -1.49. The normalized spacial score (nSPS) is 14.9. The molecular weight excluding hydrogens is 332 g/mol. The highest BCUT2D eigenvalue weighted by Crippen LogP contribution is 2.34. The minimum Gasteiger partial charge on any atom is -0.481 e. The van der Waals surface area contributed by atoms with E-state index in [2.05, 4.69) is 4.72 Å². The number of aliphatic carboxylic acids is 1. The Hall–Kier alpha value is -2.09. The van der Waals surface area contributed by atoms with Crippen molar-refractivity contribution in [2.45, 2.75) is 39.2 Å². The van der Waals surface area contributed by atoms with E-state index >= 15 is 0 Å². The summed E-state index contributed by atoms with van der Waals surface area (Å²) in [5, 5.41) is 8.65. The van der Waals surface area contributed by atoms with E-state index in [1.807, 2.05) is 26.8 Å². The molecule has 0 aliphatic carbocycles. The highest BCUT2D eigenvalue weighted by Gasteiger charge is 2.30. The Kier molecular flexibility index (Phi) is 5.48. The van der Waals surface area contributed by atoms with Crippen LogP contribution in [0.25, 0.3) is 0 Å². The van der Waals surface area contributed by atoms with Crippen molar-refractivity contribution in [3.8, 4) is 0 Å². The Labute approximate surface area is 143 Å². The molecule has 1 heterocycles. The molecule has 0 radical (unpaired) electrons. The van der Waals surface area contributed by atoms with Gasteiger partial charge in [0.1, 0.15) is 16.6 Å². The van der Waals surface area contributed by atoms with Gasteiger partial charge in [0.2, 0.25) is 0 Å². The lowest BCUT2D eigenvalue weighted by atomic mass is 10.1. The molecule has 1 atom stereocenters. The van der Waals surface area contributed by atoms with Crippen molar-refractivity contribution in [3.63, 3.8) is 0 Å². The zero-order chi connectivity index (χ0) is 17.9. The number of benzene rings is 1. The molecule has 2 N–H and O–H groups in total. The second-order valence-electron chi connectivity index (χ2n) is 6.48. The highest BCUT2D eigenvalue weighted by molar-refractivity contribution is 7.86. The number of amides is 1. The summed E-state index contributed by atoms with van der Waals surface area (Å²) in [6.45, 7) is 5.92. The summed E-state index contributed by atoms with van der Waals surface area (Å²) >= 11 is 0. The maximum atomic E-state index is 12.3. The van der Waals surface area contributed by atoms with Gasteiger partial charge < -0.3 is 14.6 Å². The standard InChI is InChI=1S/C16H22N2O5S/c1-16(2,3)23-15(21)18-9-7-11-12(5-4-6-13(11)18)17-24(22)10-8-14(19)20/h4-6,17H,7-10H2,1-3H3,(H,19,20). The smallest absolute Gasteiger partial charge is 0.414 e. The second-order valence-corrected chi connectivity index (χ2v) is 7.78. The number of carboxylic acid groups (broad SMARTS) is 1. The first-order valence-electron chi connectivity index (χ1n) is 7.66. The van der Waals surface area contributed by atoms with Crippen molar-refractivity contribution in [2.75, 3.05) is 21.9 Å². The van der Waals surface area contributed by atoms with Crippen LogP contribution in [0, 0.1) is 0 Å². The molecule has 1 aliphatic heterocycles. The molecule has 1 aromatic rings. The molecule has 0 fully saturated rings. The summed E-state index contributed by atoms with van der Waals surface area (Å²) in [5.41, 5.74) is 1.69. The van der Waals surface area contributed by atoms with Crippen LogP contribution in [0.15, 0.2) is 18.2 Å². The van der Waals surface area contributed by atoms with E-state index < -0.39 is 28.6 Å². The number of rotatable bonds is 5. The van der Waals surface area contributed by atoms with Gasteiger partial charge in [0.25, 0.3) is 0 Å². The third-order valence-electron chi connectivity index (χ3n) is 3.37. The van der Waals surface area contributed by atoms with Crippen molar-refractivity contribution in [2.24, 2.45) is 0 Å². The molecule has 8 heteroatoms. The van der Waals surface area contributed by atoms with E-state index in [1.54, 1.807) is 17.0 Å². The van der Waals surface area contributed by atoms with E-state index in [0.717, 1.165) is 11.3 Å². The van der Waals surface area contributed by atoms with Gasteiger partial charge in [0, 0.05) is 12.1 Å². The summed E-state index contributed by atoms with van der Waals surface area (Å²) in [6, 6.07) is 5.35. The van der Waals surface area contributed by atoms with Crippen molar-refractivity contribution >= 4 is 34.4 Å². The number of hydrogen-bond acceptors (Lipinski definition) is 4. The quantitative estimate of drug-likeness (QED) is 0.847. The van der Waals surface area contributed by atoms with Gasteiger partial charge >= 0.3 is 12.1 Å². The molecule has 132 valence electrons. The van der Waals surface area contributed by atoms with Crippen molar-refractivity contribution < 1.29 is 23.6 Å². The number of hydrogen-bond donors (Lipinski definition) is 2. The molecule has 2 rings (SSSR count). The van der Waals surface area contributed by atoms with Gasteiger partial charge in [-0.15, -0.1) is 0 Å². The summed E-state index contributed by atoms with van der Waals surface area (Å²) in [4.78, 5) is 24.4. The largest absolute Gasteiger partial charge is 0.481 e. The lowest BCUT2D eigenvalue weighted by Gasteiger charge is -2.24. The van der Waals surface area contributed by atoms with Crippen LogP contribution >= 0.6 is 0 Å². The van der Waals surface area contributed by atoms with Gasteiger partial charge in [0.05, 0.1) is 23.5 Å². The molecule has 0 spiro atoms. The number of carboxylic acids is 1. The van der Waals surface area contributed by atoms with Crippen molar-refractivity contribution in [1.29, 1.82) is 0 Å². The Morgan fingerprint density at radius 1 is 1.38 bits per heavy atom. The number of ether oxygens (including phenoxy) is 1. The Balaban J connectivity index is 2.12. The molecular formula is C16H22N2O5S. The maximum absolute atomic E-state index is 12.3. The van der Waals surface area contributed by atoms with Crippen LogP contribution in [-0.4, -0.2) is 39.3 Å². The van der Waals surface area contributed by atoms with E-state index in [-0.39, 0.29) is 12.2 Å². The van der Waals surface area contributed by atoms with Crippen LogP contribution in [0.2, 0.25) is 0 Å². The van der Waals surface area contributed by atoms with Gasteiger partial charge in [-0.2, -0.15) is 0 Å². The number of anilines is 2. The van der Waals surface area contributed by atoms with Crippen LogP contribution < -0.4 is 9.62 Å².